The molecule has 1 N–H and O–H groups in total. The number of aromatic nitrogens is 1. The second-order valence-electron chi connectivity index (χ2n) is 6.61. The zero-order valence-electron chi connectivity index (χ0n) is 15.3. The summed E-state index contributed by atoms with van der Waals surface area (Å²) in [5, 5.41) is 2.77. The van der Waals surface area contributed by atoms with E-state index in [4.69, 9.17) is 4.74 Å². The van der Waals surface area contributed by atoms with Crippen molar-refractivity contribution in [3.8, 4) is 0 Å². The molecule has 144 valence electrons. The molecule has 1 fully saturated rings. The number of amides is 1. The van der Waals surface area contributed by atoms with Crippen molar-refractivity contribution in [3.05, 3.63) is 59.9 Å². The SMILES string of the molecule is C[C@@H]1CN(S(=O)(=O)c2ccc(C(=O)NCc3ccccn3)cc2)C[C@H](C)O1. The number of carbonyl (C=O) groups is 1. The van der Waals surface area contributed by atoms with Gasteiger partial charge in [-0.3, -0.25) is 9.78 Å². The van der Waals surface area contributed by atoms with Gasteiger partial charge in [-0.25, -0.2) is 8.42 Å². The Bertz CT molecular complexity index is 875. The number of nitrogens with one attached hydrogen (secondary N) is 1. The maximum Gasteiger partial charge on any atom is 0.251 e. The molecule has 1 aliphatic rings. The van der Waals surface area contributed by atoms with E-state index < -0.39 is 10.0 Å². The van der Waals surface area contributed by atoms with E-state index in [0.717, 1.165) is 5.69 Å². The van der Waals surface area contributed by atoms with Crippen molar-refractivity contribution < 1.29 is 17.9 Å². The summed E-state index contributed by atoms with van der Waals surface area (Å²) in [4.78, 5) is 16.6. The number of pyridine rings is 1. The van der Waals surface area contributed by atoms with Gasteiger partial charge in [-0.2, -0.15) is 4.31 Å². The zero-order valence-corrected chi connectivity index (χ0v) is 16.1. The summed E-state index contributed by atoms with van der Waals surface area (Å²) < 4.78 is 32.7. The molecule has 8 heteroatoms. The van der Waals surface area contributed by atoms with Gasteiger partial charge in [0.15, 0.2) is 0 Å². The van der Waals surface area contributed by atoms with Gasteiger partial charge in [0, 0.05) is 24.8 Å². The molecule has 0 spiro atoms. The number of sulfonamides is 1. The highest BCUT2D eigenvalue weighted by Gasteiger charge is 2.32. The smallest absolute Gasteiger partial charge is 0.251 e. The Morgan fingerprint density at radius 1 is 1.15 bits per heavy atom. The van der Waals surface area contributed by atoms with Gasteiger partial charge in [0.25, 0.3) is 5.91 Å². The molecule has 0 unspecified atom stereocenters. The van der Waals surface area contributed by atoms with Crippen LogP contribution >= 0.6 is 0 Å². The molecule has 1 amide bonds. The lowest BCUT2D eigenvalue weighted by molar-refractivity contribution is -0.0440. The Kier molecular flexibility index (Phi) is 5.88. The van der Waals surface area contributed by atoms with E-state index in [2.05, 4.69) is 10.3 Å². The third-order valence-electron chi connectivity index (χ3n) is 4.30. The molecule has 3 rings (SSSR count). The highest BCUT2D eigenvalue weighted by molar-refractivity contribution is 7.89. The van der Waals surface area contributed by atoms with Gasteiger partial charge >= 0.3 is 0 Å². The quantitative estimate of drug-likeness (QED) is 0.843. The number of ether oxygens (including phenoxy) is 1. The minimum atomic E-state index is -3.61. The fourth-order valence-electron chi connectivity index (χ4n) is 3.03. The predicted molar refractivity (Wildman–Crippen MR) is 101 cm³/mol. The lowest BCUT2D eigenvalue weighted by Gasteiger charge is -2.34. The number of nitrogens with zero attached hydrogens (tertiary/aromatic N) is 2. The molecular formula is C19H23N3O4S. The largest absolute Gasteiger partial charge is 0.373 e. The molecule has 0 radical (unpaired) electrons. The molecule has 0 aliphatic carbocycles. The number of hydrogen-bond donors (Lipinski definition) is 1. The number of rotatable bonds is 5. The van der Waals surface area contributed by atoms with Crippen molar-refractivity contribution in [2.75, 3.05) is 13.1 Å². The molecular weight excluding hydrogens is 366 g/mol. The van der Waals surface area contributed by atoms with Crippen LogP contribution in [0.1, 0.15) is 29.9 Å². The molecule has 1 saturated heterocycles. The van der Waals surface area contributed by atoms with Crippen LogP contribution in [0.15, 0.2) is 53.6 Å². The van der Waals surface area contributed by atoms with Crippen molar-refractivity contribution in [2.24, 2.45) is 0 Å². The Hall–Kier alpha value is -2.29. The first-order valence-electron chi connectivity index (χ1n) is 8.80. The number of hydrogen-bond acceptors (Lipinski definition) is 5. The summed E-state index contributed by atoms with van der Waals surface area (Å²) in [5.74, 6) is -0.279. The molecule has 1 aromatic carbocycles. The number of morpholine rings is 1. The second-order valence-corrected chi connectivity index (χ2v) is 8.55. The average Bonchev–Trinajstić information content (AvgIpc) is 2.66. The maximum absolute atomic E-state index is 12.8. The molecule has 2 aromatic rings. The third-order valence-corrected chi connectivity index (χ3v) is 6.14. The van der Waals surface area contributed by atoms with Gasteiger partial charge in [-0.05, 0) is 50.2 Å². The van der Waals surface area contributed by atoms with E-state index in [1.165, 1.54) is 28.6 Å². The normalized spacial score (nSPS) is 21.0. The predicted octanol–water partition coefficient (Wildman–Crippen LogP) is 1.81. The molecule has 27 heavy (non-hydrogen) atoms. The Morgan fingerprint density at radius 3 is 2.41 bits per heavy atom. The minimum absolute atomic E-state index is 0.153. The third kappa shape index (κ3) is 4.71. The van der Waals surface area contributed by atoms with Crippen LogP contribution in [-0.4, -0.2) is 48.9 Å². The van der Waals surface area contributed by atoms with Gasteiger partial charge in [0.2, 0.25) is 10.0 Å². The van der Waals surface area contributed by atoms with E-state index in [1.54, 1.807) is 12.3 Å². The van der Waals surface area contributed by atoms with Crippen LogP contribution in [-0.2, 0) is 21.3 Å². The molecule has 2 atom stereocenters. The van der Waals surface area contributed by atoms with E-state index in [0.29, 0.717) is 25.2 Å². The van der Waals surface area contributed by atoms with E-state index in [9.17, 15) is 13.2 Å². The highest BCUT2D eigenvalue weighted by atomic mass is 32.2. The van der Waals surface area contributed by atoms with Gasteiger partial charge in [0.05, 0.1) is 29.3 Å². The van der Waals surface area contributed by atoms with Crippen molar-refractivity contribution in [1.82, 2.24) is 14.6 Å². The summed E-state index contributed by atoms with van der Waals surface area (Å²) in [6.45, 7) is 4.65. The summed E-state index contributed by atoms with van der Waals surface area (Å²) in [5.41, 5.74) is 1.15. The lowest BCUT2D eigenvalue weighted by Crippen LogP contribution is -2.48. The van der Waals surface area contributed by atoms with E-state index in [-0.39, 0.29) is 23.0 Å². The van der Waals surface area contributed by atoms with Crippen LogP contribution in [0.25, 0.3) is 0 Å². The topological polar surface area (TPSA) is 88.6 Å². The molecule has 0 saturated carbocycles. The van der Waals surface area contributed by atoms with E-state index in [1.807, 2.05) is 26.0 Å². The fourth-order valence-corrected chi connectivity index (χ4v) is 4.62. The first-order chi connectivity index (χ1) is 12.9. The summed E-state index contributed by atoms with van der Waals surface area (Å²) in [6.07, 6.45) is 1.36. The van der Waals surface area contributed by atoms with Crippen molar-refractivity contribution in [1.29, 1.82) is 0 Å². The summed E-state index contributed by atoms with van der Waals surface area (Å²) in [6, 6.07) is 11.5. The lowest BCUT2D eigenvalue weighted by atomic mass is 10.2. The van der Waals surface area contributed by atoms with Crippen LogP contribution in [0.5, 0.6) is 0 Å². The Labute approximate surface area is 159 Å². The van der Waals surface area contributed by atoms with Crippen molar-refractivity contribution >= 4 is 15.9 Å². The first kappa shape index (κ1) is 19.5. The first-order valence-corrected chi connectivity index (χ1v) is 10.2. The number of carbonyl (C=O) groups excluding carboxylic acids is 1. The molecule has 1 aromatic heterocycles. The van der Waals surface area contributed by atoms with Gasteiger partial charge < -0.3 is 10.1 Å². The zero-order chi connectivity index (χ0) is 19.4. The maximum atomic E-state index is 12.8. The van der Waals surface area contributed by atoms with Gasteiger partial charge in [0.1, 0.15) is 0 Å². The van der Waals surface area contributed by atoms with Gasteiger partial charge in [-0.15, -0.1) is 0 Å². The summed E-state index contributed by atoms with van der Waals surface area (Å²) >= 11 is 0. The summed E-state index contributed by atoms with van der Waals surface area (Å²) in [7, 11) is -3.61. The standard InChI is InChI=1S/C19H23N3O4S/c1-14-12-22(13-15(2)26-14)27(24,25)18-8-6-16(7-9-18)19(23)21-11-17-5-3-4-10-20-17/h3-10,14-15H,11-13H2,1-2H3,(H,21,23)/t14-,15+. The van der Waals surface area contributed by atoms with Crippen LogP contribution in [0, 0.1) is 0 Å². The Morgan fingerprint density at radius 2 is 1.81 bits per heavy atom. The monoisotopic (exact) mass is 389 g/mol. The van der Waals surface area contributed by atoms with Gasteiger partial charge in [-0.1, -0.05) is 6.07 Å². The van der Waals surface area contributed by atoms with Crippen LogP contribution in [0.4, 0.5) is 0 Å². The average molecular weight is 389 g/mol. The fraction of sp³-hybridized carbons (Fsp3) is 0.368. The molecule has 1 aliphatic heterocycles. The van der Waals surface area contributed by atoms with Crippen molar-refractivity contribution in [2.45, 2.75) is 37.5 Å². The Balaban J connectivity index is 1.68. The van der Waals surface area contributed by atoms with Crippen LogP contribution in [0.2, 0.25) is 0 Å². The number of benzene rings is 1. The molecule has 0 bridgehead atoms. The molecule has 7 nitrogen and oxygen atoms in total. The van der Waals surface area contributed by atoms with Crippen LogP contribution in [0.3, 0.4) is 0 Å². The van der Waals surface area contributed by atoms with Crippen LogP contribution < -0.4 is 5.32 Å². The highest BCUT2D eigenvalue weighted by Crippen LogP contribution is 2.21. The minimum Gasteiger partial charge on any atom is -0.373 e. The second kappa shape index (κ2) is 8.16. The van der Waals surface area contributed by atoms with Crippen molar-refractivity contribution in [3.63, 3.8) is 0 Å². The molecule has 2 heterocycles. The van der Waals surface area contributed by atoms with E-state index >= 15 is 0 Å².